The van der Waals surface area contributed by atoms with Gasteiger partial charge in [0, 0.05) is 22.1 Å². The lowest BCUT2D eigenvalue weighted by molar-refractivity contribution is -0.385. The molecule has 1 heterocycles. The summed E-state index contributed by atoms with van der Waals surface area (Å²) in [4.78, 5) is 13.1. The van der Waals surface area contributed by atoms with E-state index in [2.05, 4.69) is 41.6 Å². The van der Waals surface area contributed by atoms with Crippen molar-refractivity contribution in [2.45, 2.75) is 45.2 Å². The lowest BCUT2D eigenvalue weighted by Crippen LogP contribution is -2.40. The van der Waals surface area contributed by atoms with Crippen LogP contribution in [0.2, 0.25) is 0 Å². The number of likely N-dealkylation sites (tertiary alicyclic amines) is 1. The summed E-state index contributed by atoms with van der Waals surface area (Å²) in [6.45, 7) is 7.63. The number of ether oxygens (including phenoxy) is 1. The molecule has 0 radical (unpaired) electrons. The van der Waals surface area contributed by atoms with Crippen molar-refractivity contribution in [2.75, 3.05) is 13.7 Å². The Morgan fingerprint density at radius 3 is 2.62 bits per heavy atom. The molecule has 1 saturated heterocycles. The van der Waals surface area contributed by atoms with Crippen LogP contribution < -0.4 is 4.74 Å². The minimum absolute atomic E-state index is 0.00608. The van der Waals surface area contributed by atoms with Crippen LogP contribution in [0.4, 0.5) is 5.69 Å². The predicted octanol–water partition coefficient (Wildman–Crippen LogP) is 4.30. The maximum atomic E-state index is 11.1. The number of methoxy groups -OCH3 is 1. The molecule has 0 saturated carbocycles. The number of benzene rings is 1. The van der Waals surface area contributed by atoms with E-state index < -0.39 is 4.92 Å². The van der Waals surface area contributed by atoms with Gasteiger partial charge < -0.3 is 4.74 Å². The number of nitrogens with zero attached hydrogens (tertiary/aromatic N) is 2. The van der Waals surface area contributed by atoms with Gasteiger partial charge >= 0.3 is 5.69 Å². The zero-order valence-corrected chi connectivity index (χ0v) is 14.4. The molecule has 21 heavy (non-hydrogen) atoms. The third-order valence-electron chi connectivity index (χ3n) is 3.97. The monoisotopic (exact) mass is 356 g/mol. The molecule has 0 spiro atoms. The smallest absolute Gasteiger partial charge is 0.312 e. The van der Waals surface area contributed by atoms with Gasteiger partial charge in [0.15, 0.2) is 5.75 Å². The lowest BCUT2D eigenvalue weighted by atomic mass is 9.98. The second kappa shape index (κ2) is 5.93. The number of hydrogen-bond acceptors (Lipinski definition) is 4. The van der Waals surface area contributed by atoms with Crippen LogP contribution in [0, 0.1) is 10.1 Å². The van der Waals surface area contributed by atoms with Gasteiger partial charge in [0.1, 0.15) is 0 Å². The Kier molecular flexibility index (Phi) is 4.58. The molecule has 1 atom stereocenters. The average molecular weight is 357 g/mol. The number of hydrogen-bond donors (Lipinski definition) is 0. The molecule has 6 heteroatoms. The molecule has 0 N–H and O–H groups in total. The van der Waals surface area contributed by atoms with Crippen LogP contribution >= 0.6 is 15.9 Å². The van der Waals surface area contributed by atoms with E-state index in [-0.39, 0.29) is 17.3 Å². The Hall–Kier alpha value is -1.14. The molecule has 5 nitrogen and oxygen atoms in total. The first kappa shape index (κ1) is 16.2. The van der Waals surface area contributed by atoms with Gasteiger partial charge in [-0.15, -0.1) is 0 Å². The number of nitro benzene ring substituents is 1. The van der Waals surface area contributed by atoms with Crippen molar-refractivity contribution < 1.29 is 9.66 Å². The van der Waals surface area contributed by atoms with Crippen LogP contribution in [0.3, 0.4) is 0 Å². The zero-order valence-electron chi connectivity index (χ0n) is 12.9. The second-order valence-electron chi connectivity index (χ2n) is 6.32. The fraction of sp³-hybridized carbons (Fsp3) is 0.600. The topological polar surface area (TPSA) is 55.6 Å². The maximum Gasteiger partial charge on any atom is 0.312 e. The van der Waals surface area contributed by atoms with Crippen LogP contribution in [0.25, 0.3) is 0 Å². The molecule has 2 rings (SSSR count). The number of nitro groups is 1. The standard InChI is InChI=1S/C15H21BrN2O3/c1-15(2,3)17-7-5-6-12(17)10-8-14(21-4)13(18(19)20)9-11(10)16/h8-9,12H,5-7H2,1-4H3. The van der Waals surface area contributed by atoms with Crippen LogP contribution in [0.1, 0.15) is 45.2 Å². The highest BCUT2D eigenvalue weighted by Crippen LogP contribution is 2.43. The van der Waals surface area contributed by atoms with Crippen LogP contribution in [-0.4, -0.2) is 29.0 Å². The van der Waals surface area contributed by atoms with Gasteiger partial charge in [-0.25, -0.2) is 0 Å². The molecule has 0 bridgehead atoms. The van der Waals surface area contributed by atoms with Crippen molar-refractivity contribution >= 4 is 21.6 Å². The summed E-state index contributed by atoms with van der Waals surface area (Å²) >= 11 is 3.50. The van der Waals surface area contributed by atoms with E-state index in [0.717, 1.165) is 29.4 Å². The molecule has 1 unspecified atom stereocenters. The van der Waals surface area contributed by atoms with E-state index >= 15 is 0 Å². The van der Waals surface area contributed by atoms with Crippen LogP contribution in [0.15, 0.2) is 16.6 Å². The molecule has 1 aliphatic rings. The van der Waals surface area contributed by atoms with Gasteiger partial charge in [-0.2, -0.15) is 0 Å². The fourth-order valence-electron chi connectivity index (χ4n) is 3.01. The Bertz CT molecular complexity index is 555. The van der Waals surface area contributed by atoms with Gasteiger partial charge in [0.25, 0.3) is 0 Å². The predicted molar refractivity (Wildman–Crippen MR) is 85.8 cm³/mol. The minimum atomic E-state index is -0.413. The molecule has 1 aromatic rings. The van der Waals surface area contributed by atoms with Crippen LogP contribution in [0.5, 0.6) is 5.75 Å². The Morgan fingerprint density at radius 1 is 1.43 bits per heavy atom. The SMILES string of the molecule is COc1cc(C2CCCN2C(C)(C)C)c(Br)cc1[N+](=O)[O-]. The summed E-state index contributed by atoms with van der Waals surface area (Å²) in [5.41, 5.74) is 1.12. The largest absolute Gasteiger partial charge is 0.490 e. The zero-order chi connectivity index (χ0) is 15.8. The molecule has 0 amide bonds. The molecule has 1 aliphatic heterocycles. The fourth-order valence-corrected chi connectivity index (χ4v) is 3.61. The highest BCUT2D eigenvalue weighted by molar-refractivity contribution is 9.10. The molecule has 0 aliphatic carbocycles. The van der Waals surface area contributed by atoms with E-state index in [1.54, 1.807) is 12.1 Å². The van der Waals surface area contributed by atoms with Crippen molar-refractivity contribution in [1.29, 1.82) is 0 Å². The first-order valence-electron chi connectivity index (χ1n) is 7.04. The van der Waals surface area contributed by atoms with Crippen molar-refractivity contribution in [1.82, 2.24) is 4.90 Å². The quantitative estimate of drug-likeness (QED) is 0.598. The van der Waals surface area contributed by atoms with Gasteiger partial charge in [-0.3, -0.25) is 15.0 Å². The Balaban J connectivity index is 2.47. The third kappa shape index (κ3) is 3.21. The highest BCUT2D eigenvalue weighted by Gasteiger charge is 2.35. The maximum absolute atomic E-state index is 11.1. The summed E-state index contributed by atoms with van der Waals surface area (Å²) < 4.78 is 5.98. The first-order chi connectivity index (χ1) is 9.75. The third-order valence-corrected chi connectivity index (χ3v) is 4.66. The molecular weight excluding hydrogens is 336 g/mol. The first-order valence-corrected chi connectivity index (χ1v) is 7.83. The van der Waals surface area contributed by atoms with Gasteiger partial charge in [0.2, 0.25) is 0 Å². The summed E-state index contributed by atoms with van der Waals surface area (Å²) in [6.07, 6.45) is 2.19. The highest BCUT2D eigenvalue weighted by atomic mass is 79.9. The molecule has 0 aromatic heterocycles. The Morgan fingerprint density at radius 2 is 2.10 bits per heavy atom. The Labute approximate surface area is 133 Å². The van der Waals surface area contributed by atoms with Crippen molar-refractivity contribution in [3.63, 3.8) is 0 Å². The molecule has 1 aromatic carbocycles. The molecule has 1 fully saturated rings. The van der Waals surface area contributed by atoms with Crippen LogP contribution in [-0.2, 0) is 0 Å². The van der Waals surface area contributed by atoms with E-state index in [1.807, 2.05) is 0 Å². The minimum Gasteiger partial charge on any atom is -0.490 e. The van der Waals surface area contributed by atoms with E-state index in [1.165, 1.54) is 7.11 Å². The van der Waals surface area contributed by atoms with E-state index in [0.29, 0.717) is 5.75 Å². The summed E-state index contributed by atoms with van der Waals surface area (Å²) in [5.74, 6) is 0.318. The van der Waals surface area contributed by atoms with Crippen molar-refractivity contribution in [3.8, 4) is 5.75 Å². The normalized spacial score (nSPS) is 19.8. The number of rotatable bonds is 3. The summed E-state index contributed by atoms with van der Waals surface area (Å²) in [6, 6.07) is 3.61. The number of halogens is 1. The summed E-state index contributed by atoms with van der Waals surface area (Å²) in [7, 11) is 1.47. The van der Waals surface area contributed by atoms with Crippen molar-refractivity contribution in [3.05, 3.63) is 32.3 Å². The van der Waals surface area contributed by atoms with Crippen molar-refractivity contribution in [2.24, 2.45) is 0 Å². The van der Waals surface area contributed by atoms with E-state index in [4.69, 9.17) is 4.74 Å². The van der Waals surface area contributed by atoms with Gasteiger partial charge in [-0.1, -0.05) is 15.9 Å². The average Bonchev–Trinajstić information content (AvgIpc) is 2.87. The van der Waals surface area contributed by atoms with Gasteiger partial charge in [0.05, 0.1) is 12.0 Å². The molecule has 116 valence electrons. The summed E-state index contributed by atoms with van der Waals surface area (Å²) in [5, 5.41) is 11.1. The lowest BCUT2D eigenvalue weighted by Gasteiger charge is -2.37. The second-order valence-corrected chi connectivity index (χ2v) is 7.18. The van der Waals surface area contributed by atoms with E-state index in [9.17, 15) is 10.1 Å². The molecular formula is C15H21BrN2O3. The van der Waals surface area contributed by atoms with Gasteiger partial charge in [-0.05, 0) is 51.8 Å².